The number of aromatic nitrogens is 2. The van der Waals surface area contributed by atoms with Crippen LogP contribution in [-0.4, -0.2) is 77.3 Å². The number of methoxy groups -OCH3 is 1. The molecule has 1 aromatic heterocycles. The third-order valence-electron chi connectivity index (χ3n) is 6.26. The van der Waals surface area contributed by atoms with Gasteiger partial charge in [0.25, 0.3) is 5.91 Å². The van der Waals surface area contributed by atoms with Gasteiger partial charge in [-0.3, -0.25) is 9.48 Å². The van der Waals surface area contributed by atoms with Gasteiger partial charge in [0, 0.05) is 43.2 Å². The lowest BCUT2D eigenvalue weighted by molar-refractivity contribution is -0.148. The number of aliphatic hydroxyl groups excluding tert-OH is 1. The van der Waals surface area contributed by atoms with Crippen molar-refractivity contribution in [2.45, 2.75) is 57.5 Å². The molecule has 1 aliphatic heterocycles. The minimum atomic E-state index is -0.479. The maximum Gasteiger partial charge on any atom is 0.406 e. The van der Waals surface area contributed by atoms with Crippen LogP contribution in [0.15, 0.2) is 18.2 Å². The monoisotopic (exact) mass is 459 g/mol. The van der Waals surface area contributed by atoms with Gasteiger partial charge in [-0.25, -0.2) is 4.79 Å². The molecule has 1 saturated carbocycles. The van der Waals surface area contributed by atoms with E-state index in [2.05, 4.69) is 15.4 Å². The summed E-state index contributed by atoms with van der Waals surface area (Å²) in [5.74, 6) is 0.000454. The van der Waals surface area contributed by atoms with Gasteiger partial charge >= 0.3 is 6.09 Å². The number of aliphatic hydroxyl groups is 1. The Bertz CT molecular complexity index is 983. The second kappa shape index (κ2) is 10.5. The van der Waals surface area contributed by atoms with E-state index in [4.69, 9.17) is 9.84 Å². The molecule has 0 unspecified atom stereocenters. The van der Waals surface area contributed by atoms with Gasteiger partial charge in [0.05, 0.1) is 37.6 Å². The van der Waals surface area contributed by atoms with E-state index in [0.717, 1.165) is 41.5 Å². The molecule has 33 heavy (non-hydrogen) atoms. The third-order valence-corrected chi connectivity index (χ3v) is 6.26. The second-order valence-electron chi connectivity index (χ2n) is 8.57. The number of aryl methyl sites for hydroxylation is 1. The molecule has 0 radical (unpaired) electrons. The molecule has 2 atom stereocenters. The van der Waals surface area contributed by atoms with Crippen molar-refractivity contribution in [2.75, 3.05) is 33.4 Å². The number of hydrogen-bond acceptors (Lipinski definition) is 7. The summed E-state index contributed by atoms with van der Waals surface area (Å²) in [4.78, 5) is 26.7. The van der Waals surface area contributed by atoms with E-state index >= 15 is 0 Å². The summed E-state index contributed by atoms with van der Waals surface area (Å²) >= 11 is 0. The van der Waals surface area contributed by atoms with Crippen molar-refractivity contribution in [3.05, 3.63) is 29.5 Å². The lowest BCUT2D eigenvalue weighted by Crippen LogP contribution is -2.50. The van der Waals surface area contributed by atoms with Crippen LogP contribution in [0.2, 0.25) is 0 Å². The highest BCUT2D eigenvalue weighted by Crippen LogP contribution is 2.37. The van der Waals surface area contributed by atoms with E-state index in [-0.39, 0.29) is 24.6 Å². The average Bonchev–Trinajstić information content (AvgIpc) is 3.61. The first-order chi connectivity index (χ1) is 16.0. The number of nitrogens with one attached hydrogen (secondary N) is 2. The molecule has 10 nitrogen and oxygen atoms in total. The number of benzene rings is 1. The normalized spacial score (nSPS) is 19.3. The molecule has 3 N–H and O–H groups in total. The zero-order valence-corrected chi connectivity index (χ0v) is 19.2. The number of amides is 2. The molecule has 2 fully saturated rings. The number of rotatable bonds is 9. The third kappa shape index (κ3) is 5.13. The molecule has 1 saturated heterocycles. The quantitative estimate of drug-likeness (QED) is 0.484. The molecule has 180 valence electrons. The highest BCUT2D eigenvalue weighted by atomic mass is 16.5. The Morgan fingerprint density at radius 2 is 2.24 bits per heavy atom. The fourth-order valence-electron chi connectivity index (χ4n) is 4.49. The first kappa shape index (κ1) is 23.5. The molecule has 1 aliphatic carbocycles. The van der Waals surface area contributed by atoms with Crippen LogP contribution in [0.4, 0.5) is 4.79 Å². The summed E-state index contributed by atoms with van der Waals surface area (Å²) in [5, 5.41) is 21.7. The summed E-state index contributed by atoms with van der Waals surface area (Å²) in [6.07, 6.45) is 1.66. The van der Waals surface area contributed by atoms with E-state index in [1.807, 2.05) is 34.7 Å². The van der Waals surface area contributed by atoms with Gasteiger partial charge in [-0.2, -0.15) is 5.10 Å². The molecule has 0 spiro atoms. The first-order valence-electron chi connectivity index (χ1n) is 11.6. The first-order valence-corrected chi connectivity index (χ1v) is 11.6. The van der Waals surface area contributed by atoms with Gasteiger partial charge in [0.15, 0.2) is 0 Å². The second-order valence-corrected chi connectivity index (χ2v) is 8.57. The predicted molar refractivity (Wildman–Crippen MR) is 122 cm³/mol. The molecule has 10 heteroatoms. The van der Waals surface area contributed by atoms with Crippen molar-refractivity contribution in [2.24, 2.45) is 0 Å². The number of alkyl carbamates (subject to hydrolysis) is 1. The summed E-state index contributed by atoms with van der Waals surface area (Å²) in [7, 11) is 1.33. The maximum atomic E-state index is 13.4. The van der Waals surface area contributed by atoms with Crippen LogP contribution in [0.25, 0.3) is 10.9 Å². The van der Waals surface area contributed by atoms with Crippen molar-refractivity contribution >= 4 is 22.9 Å². The Labute approximate surface area is 193 Å². The van der Waals surface area contributed by atoms with Gasteiger partial charge in [0.2, 0.25) is 0 Å². The number of morpholine rings is 1. The molecular weight excluding hydrogens is 426 g/mol. The number of hydrogen-bond donors (Lipinski definition) is 3. The zero-order chi connectivity index (χ0) is 23.4. The predicted octanol–water partition coefficient (Wildman–Crippen LogP) is 1.32. The van der Waals surface area contributed by atoms with Crippen LogP contribution in [0, 0.1) is 0 Å². The molecule has 2 amide bonds. The Morgan fingerprint density at radius 3 is 2.91 bits per heavy atom. The van der Waals surface area contributed by atoms with E-state index in [1.165, 1.54) is 7.11 Å². The number of nitrogens with zero attached hydrogens (tertiary/aromatic N) is 3. The highest BCUT2D eigenvalue weighted by Gasteiger charge is 2.41. The van der Waals surface area contributed by atoms with Crippen LogP contribution < -0.4 is 10.6 Å². The SMILES string of the molecule is COC(=O)NCCCn1nc([C@@H](C)N(C(=O)[C@H]2CNCCO2)C2CC2)c2cccc(CO)c21. The number of para-hydroxylation sites is 1. The van der Waals surface area contributed by atoms with Crippen molar-refractivity contribution in [1.29, 1.82) is 0 Å². The lowest BCUT2D eigenvalue weighted by Gasteiger charge is -2.33. The van der Waals surface area contributed by atoms with Crippen molar-refractivity contribution < 1.29 is 24.2 Å². The van der Waals surface area contributed by atoms with E-state index in [0.29, 0.717) is 32.7 Å². The molecule has 2 aliphatic rings. The standard InChI is InChI=1S/C23H33N5O5/c1-15(28(17-7-8-17)22(30)19-13-24-10-12-33-19)20-18-6-3-5-16(14-29)21(18)27(26-20)11-4-9-25-23(31)32-2/h3,5-6,15,17,19,24,29H,4,7-14H2,1-2H3,(H,25,31)/t15-,19-/m1/s1. The number of carbonyl (C=O) groups is 2. The van der Waals surface area contributed by atoms with E-state index in [1.54, 1.807) is 0 Å². The Morgan fingerprint density at radius 1 is 1.42 bits per heavy atom. The summed E-state index contributed by atoms with van der Waals surface area (Å²) in [5.41, 5.74) is 2.45. The molecule has 2 heterocycles. The smallest absolute Gasteiger partial charge is 0.406 e. The summed E-state index contributed by atoms with van der Waals surface area (Å²) in [6, 6.07) is 5.74. The van der Waals surface area contributed by atoms with Gasteiger partial charge in [0.1, 0.15) is 6.10 Å². The summed E-state index contributed by atoms with van der Waals surface area (Å²) in [6.45, 7) is 4.71. The minimum absolute atomic E-state index is 0.000454. The van der Waals surface area contributed by atoms with Crippen LogP contribution in [0.5, 0.6) is 0 Å². The molecule has 0 bridgehead atoms. The molecular formula is C23H33N5O5. The molecule has 1 aromatic carbocycles. The Hall–Kier alpha value is -2.69. The molecule has 2 aromatic rings. The Balaban J connectivity index is 1.61. The van der Waals surface area contributed by atoms with Gasteiger partial charge in [-0.15, -0.1) is 0 Å². The van der Waals surface area contributed by atoms with Crippen LogP contribution >= 0.6 is 0 Å². The van der Waals surface area contributed by atoms with E-state index in [9.17, 15) is 14.7 Å². The van der Waals surface area contributed by atoms with Crippen molar-refractivity contribution in [1.82, 2.24) is 25.3 Å². The Kier molecular flexibility index (Phi) is 7.46. The fourth-order valence-corrected chi connectivity index (χ4v) is 4.49. The van der Waals surface area contributed by atoms with Gasteiger partial charge < -0.3 is 30.1 Å². The average molecular weight is 460 g/mol. The fraction of sp³-hybridized carbons (Fsp3) is 0.609. The van der Waals surface area contributed by atoms with Crippen LogP contribution in [-0.2, 0) is 27.4 Å². The van der Waals surface area contributed by atoms with Crippen LogP contribution in [0.1, 0.15) is 43.5 Å². The summed E-state index contributed by atoms with van der Waals surface area (Å²) < 4.78 is 12.2. The zero-order valence-electron chi connectivity index (χ0n) is 19.2. The lowest BCUT2D eigenvalue weighted by atomic mass is 10.0. The maximum absolute atomic E-state index is 13.4. The van der Waals surface area contributed by atoms with Crippen molar-refractivity contribution in [3.8, 4) is 0 Å². The van der Waals surface area contributed by atoms with Crippen LogP contribution in [0.3, 0.4) is 0 Å². The number of fused-ring (bicyclic) bond motifs is 1. The largest absolute Gasteiger partial charge is 0.453 e. The molecule has 4 rings (SSSR count). The minimum Gasteiger partial charge on any atom is -0.453 e. The van der Waals surface area contributed by atoms with Gasteiger partial charge in [-0.05, 0) is 26.2 Å². The number of ether oxygens (including phenoxy) is 2. The van der Waals surface area contributed by atoms with E-state index < -0.39 is 12.2 Å². The topological polar surface area (TPSA) is 118 Å². The number of carbonyl (C=O) groups excluding carboxylic acids is 2. The van der Waals surface area contributed by atoms with Crippen molar-refractivity contribution in [3.63, 3.8) is 0 Å². The van der Waals surface area contributed by atoms with Gasteiger partial charge in [-0.1, -0.05) is 18.2 Å². The highest BCUT2D eigenvalue weighted by molar-refractivity contribution is 5.87.